The van der Waals surface area contributed by atoms with Gasteiger partial charge in [-0.1, -0.05) is 36.2 Å². The van der Waals surface area contributed by atoms with Crippen LogP contribution in [0, 0.1) is 0 Å². The van der Waals surface area contributed by atoms with E-state index in [-0.39, 0.29) is 0 Å². The van der Waals surface area contributed by atoms with Crippen LogP contribution >= 0.6 is 23.2 Å². The Bertz CT molecular complexity index is 549. The largest absolute Gasteiger partial charge is 0.354 e. The molecule has 1 heterocycles. The van der Waals surface area contributed by atoms with Crippen molar-refractivity contribution in [2.45, 2.75) is 32.9 Å². The molecular formula is C16H20Cl2N2. The summed E-state index contributed by atoms with van der Waals surface area (Å²) in [5.74, 6) is 0. The van der Waals surface area contributed by atoms with Crippen LogP contribution in [0.25, 0.3) is 0 Å². The minimum atomic E-state index is 0.684. The fourth-order valence-electron chi connectivity index (χ4n) is 2.17. The Hall–Kier alpha value is -0.960. The minimum absolute atomic E-state index is 0.684. The van der Waals surface area contributed by atoms with Crippen LogP contribution in [0.15, 0.2) is 36.7 Å². The Balaban J connectivity index is 1.75. The molecule has 108 valence electrons. The number of hydrogen-bond acceptors (Lipinski definition) is 1. The molecule has 1 aromatic heterocycles. The molecule has 0 atom stereocenters. The summed E-state index contributed by atoms with van der Waals surface area (Å²) in [4.78, 5) is 0. The number of hydrogen-bond donors (Lipinski definition) is 1. The van der Waals surface area contributed by atoms with Crippen molar-refractivity contribution in [2.24, 2.45) is 0 Å². The number of benzene rings is 1. The molecule has 2 aromatic rings. The molecule has 2 nitrogen and oxygen atoms in total. The van der Waals surface area contributed by atoms with Crippen molar-refractivity contribution >= 4 is 23.2 Å². The van der Waals surface area contributed by atoms with E-state index in [0.29, 0.717) is 5.02 Å². The Labute approximate surface area is 130 Å². The molecule has 0 unspecified atom stereocenters. The normalized spacial score (nSPS) is 10.9. The molecule has 0 amide bonds. The third kappa shape index (κ3) is 4.55. The zero-order valence-corrected chi connectivity index (χ0v) is 13.2. The molecule has 0 bridgehead atoms. The molecule has 1 N–H and O–H groups in total. The van der Waals surface area contributed by atoms with Gasteiger partial charge in [0.15, 0.2) is 0 Å². The van der Waals surface area contributed by atoms with Gasteiger partial charge in [-0.2, -0.15) is 0 Å². The average Bonchev–Trinajstić information content (AvgIpc) is 2.85. The van der Waals surface area contributed by atoms with Gasteiger partial charge in [0.2, 0.25) is 0 Å². The quantitative estimate of drug-likeness (QED) is 0.743. The topological polar surface area (TPSA) is 17.0 Å². The summed E-state index contributed by atoms with van der Waals surface area (Å²) < 4.78 is 2.23. The molecule has 0 radical (unpaired) electrons. The molecule has 0 aliphatic carbocycles. The number of aromatic nitrogens is 1. The van der Waals surface area contributed by atoms with E-state index in [0.717, 1.165) is 43.1 Å². The van der Waals surface area contributed by atoms with Crippen LogP contribution in [0.2, 0.25) is 10.0 Å². The maximum atomic E-state index is 6.15. The summed E-state index contributed by atoms with van der Waals surface area (Å²) in [7, 11) is 0. The molecule has 2 rings (SSSR count). The molecular weight excluding hydrogens is 291 g/mol. The van der Waals surface area contributed by atoms with E-state index in [4.69, 9.17) is 23.2 Å². The second-order valence-corrected chi connectivity index (χ2v) is 5.76. The van der Waals surface area contributed by atoms with E-state index in [9.17, 15) is 0 Å². The third-order valence-electron chi connectivity index (χ3n) is 3.21. The Kier molecular flexibility index (Phi) is 5.96. The van der Waals surface area contributed by atoms with Crippen LogP contribution in [0.4, 0.5) is 0 Å². The second-order valence-electron chi connectivity index (χ2n) is 4.92. The number of nitrogens with one attached hydrogen (secondary N) is 1. The Morgan fingerprint density at radius 2 is 2.05 bits per heavy atom. The van der Waals surface area contributed by atoms with Gasteiger partial charge in [0.1, 0.15) is 0 Å². The predicted molar refractivity (Wildman–Crippen MR) is 86.6 cm³/mol. The first kappa shape index (κ1) is 15.4. The van der Waals surface area contributed by atoms with Gasteiger partial charge in [0.05, 0.1) is 0 Å². The zero-order valence-electron chi connectivity index (χ0n) is 11.7. The lowest BCUT2D eigenvalue weighted by Crippen LogP contribution is -2.16. The highest BCUT2D eigenvalue weighted by Gasteiger charge is 2.01. The fourth-order valence-corrected chi connectivity index (χ4v) is 2.68. The van der Waals surface area contributed by atoms with Crippen molar-refractivity contribution in [1.29, 1.82) is 0 Å². The average molecular weight is 311 g/mol. The highest BCUT2D eigenvalue weighted by atomic mass is 35.5. The van der Waals surface area contributed by atoms with Crippen molar-refractivity contribution in [2.75, 3.05) is 6.54 Å². The van der Waals surface area contributed by atoms with Gasteiger partial charge in [-0.15, -0.1) is 0 Å². The maximum absolute atomic E-state index is 6.15. The summed E-state index contributed by atoms with van der Waals surface area (Å²) in [5, 5.41) is 4.87. The van der Waals surface area contributed by atoms with Gasteiger partial charge in [-0.05, 0) is 48.7 Å². The highest BCUT2D eigenvalue weighted by molar-refractivity contribution is 6.35. The first-order valence-electron chi connectivity index (χ1n) is 6.98. The van der Waals surface area contributed by atoms with Gasteiger partial charge in [0.25, 0.3) is 0 Å². The van der Waals surface area contributed by atoms with Crippen LogP contribution < -0.4 is 5.32 Å². The van der Waals surface area contributed by atoms with E-state index >= 15 is 0 Å². The Morgan fingerprint density at radius 1 is 1.20 bits per heavy atom. The van der Waals surface area contributed by atoms with Crippen molar-refractivity contribution in [3.05, 3.63) is 57.8 Å². The van der Waals surface area contributed by atoms with E-state index < -0.39 is 0 Å². The molecule has 4 heteroatoms. The van der Waals surface area contributed by atoms with Gasteiger partial charge in [0, 0.05) is 35.5 Å². The number of aryl methyl sites for hydroxylation is 1. The first-order chi connectivity index (χ1) is 9.69. The molecule has 0 aliphatic heterocycles. The van der Waals surface area contributed by atoms with E-state index in [1.54, 1.807) is 6.07 Å². The van der Waals surface area contributed by atoms with Crippen LogP contribution in [-0.4, -0.2) is 11.1 Å². The highest BCUT2D eigenvalue weighted by Crippen LogP contribution is 2.21. The lowest BCUT2D eigenvalue weighted by molar-refractivity contribution is 0.666. The lowest BCUT2D eigenvalue weighted by atomic mass is 10.1. The maximum Gasteiger partial charge on any atom is 0.0453 e. The molecule has 20 heavy (non-hydrogen) atoms. The monoisotopic (exact) mass is 310 g/mol. The van der Waals surface area contributed by atoms with E-state index in [2.05, 4.69) is 35.3 Å². The zero-order chi connectivity index (χ0) is 14.4. The molecule has 0 spiro atoms. The molecule has 0 saturated carbocycles. The number of rotatable bonds is 7. The van der Waals surface area contributed by atoms with Crippen molar-refractivity contribution in [3.63, 3.8) is 0 Å². The summed E-state index contributed by atoms with van der Waals surface area (Å²) in [6, 6.07) is 7.83. The second kappa shape index (κ2) is 7.72. The molecule has 1 aromatic carbocycles. The van der Waals surface area contributed by atoms with E-state index in [1.165, 1.54) is 5.56 Å². The summed E-state index contributed by atoms with van der Waals surface area (Å²) in [6.45, 7) is 5.07. The van der Waals surface area contributed by atoms with E-state index in [1.807, 2.05) is 12.1 Å². The molecule has 0 fully saturated rings. The van der Waals surface area contributed by atoms with Crippen molar-refractivity contribution < 1.29 is 0 Å². The minimum Gasteiger partial charge on any atom is -0.354 e. The summed E-state index contributed by atoms with van der Waals surface area (Å²) in [6.07, 6.45) is 6.41. The summed E-state index contributed by atoms with van der Waals surface area (Å²) in [5.41, 5.74) is 2.45. The smallest absolute Gasteiger partial charge is 0.0453 e. The van der Waals surface area contributed by atoms with Crippen LogP contribution in [0.5, 0.6) is 0 Å². The van der Waals surface area contributed by atoms with Gasteiger partial charge >= 0.3 is 0 Å². The fraction of sp³-hybridized carbons (Fsp3) is 0.375. The first-order valence-corrected chi connectivity index (χ1v) is 7.74. The van der Waals surface area contributed by atoms with Gasteiger partial charge < -0.3 is 9.88 Å². The third-order valence-corrected chi connectivity index (χ3v) is 3.80. The van der Waals surface area contributed by atoms with Gasteiger partial charge in [-0.3, -0.25) is 0 Å². The van der Waals surface area contributed by atoms with Crippen LogP contribution in [-0.2, 0) is 19.5 Å². The van der Waals surface area contributed by atoms with Crippen molar-refractivity contribution in [3.8, 4) is 0 Å². The van der Waals surface area contributed by atoms with Crippen molar-refractivity contribution in [1.82, 2.24) is 9.88 Å². The number of halogens is 2. The molecule has 0 saturated heterocycles. The molecule has 0 aliphatic rings. The van der Waals surface area contributed by atoms with Gasteiger partial charge in [-0.25, -0.2) is 0 Å². The SMILES string of the molecule is CCCn1ccc(CNCCc2ccc(Cl)cc2Cl)c1. The van der Waals surface area contributed by atoms with Crippen LogP contribution in [0.1, 0.15) is 24.5 Å². The van der Waals surface area contributed by atoms with Crippen LogP contribution in [0.3, 0.4) is 0 Å². The lowest BCUT2D eigenvalue weighted by Gasteiger charge is -2.06. The number of nitrogens with zero attached hydrogens (tertiary/aromatic N) is 1. The summed E-state index contributed by atoms with van der Waals surface area (Å²) >= 11 is 12.0. The predicted octanol–water partition coefficient (Wildman–Crippen LogP) is 4.54. The standard InChI is InChI=1S/C16H20Cl2N2/c1-2-8-20-9-6-13(12-20)11-19-7-5-14-3-4-15(17)10-16(14)18/h3-4,6,9-10,12,19H,2,5,7-8,11H2,1H3. The Morgan fingerprint density at radius 3 is 2.80 bits per heavy atom.